The van der Waals surface area contributed by atoms with Crippen molar-refractivity contribution in [2.24, 2.45) is 5.73 Å². The van der Waals surface area contributed by atoms with Crippen LogP contribution in [-0.4, -0.2) is 23.9 Å². The number of carbonyl (C=O) groups is 3. The van der Waals surface area contributed by atoms with Crippen LogP contribution in [0, 0.1) is 5.82 Å². The van der Waals surface area contributed by atoms with Crippen molar-refractivity contribution in [2.75, 3.05) is 5.32 Å². The number of hydrogen-bond acceptors (Lipinski definition) is 4. The standard InChI is InChI=1S/C18H17FN2O4/c1-11(25-16(22)10-12-2-6-14(19)7-3-12)18(24)21-15-8-4-13(5-9-15)17(20)23/h2-9,11H,10H2,1H3,(H2,20,23)(H,21,24)/t11-/m1/s1. The van der Waals surface area contributed by atoms with Crippen molar-refractivity contribution in [2.45, 2.75) is 19.4 Å². The van der Waals surface area contributed by atoms with Gasteiger partial charge in [-0.3, -0.25) is 14.4 Å². The molecular formula is C18H17FN2O4. The van der Waals surface area contributed by atoms with Crippen LogP contribution in [0.25, 0.3) is 0 Å². The summed E-state index contributed by atoms with van der Waals surface area (Å²) in [6, 6.07) is 11.4. The van der Waals surface area contributed by atoms with Gasteiger partial charge in [-0.25, -0.2) is 4.39 Å². The number of benzene rings is 2. The van der Waals surface area contributed by atoms with E-state index in [2.05, 4.69) is 5.32 Å². The second-order valence-corrected chi connectivity index (χ2v) is 5.37. The van der Waals surface area contributed by atoms with Gasteiger partial charge >= 0.3 is 5.97 Å². The molecule has 0 saturated carbocycles. The topological polar surface area (TPSA) is 98.5 Å². The van der Waals surface area contributed by atoms with Gasteiger partial charge < -0.3 is 15.8 Å². The Morgan fingerprint density at radius 2 is 1.68 bits per heavy atom. The number of hydrogen-bond donors (Lipinski definition) is 2. The monoisotopic (exact) mass is 344 g/mol. The third kappa shape index (κ3) is 5.42. The highest BCUT2D eigenvalue weighted by molar-refractivity contribution is 5.96. The summed E-state index contributed by atoms with van der Waals surface area (Å²) in [5.41, 5.74) is 6.48. The van der Waals surface area contributed by atoms with E-state index in [-0.39, 0.29) is 6.42 Å². The molecule has 0 saturated heterocycles. The summed E-state index contributed by atoms with van der Waals surface area (Å²) in [7, 11) is 0. The van der Waals surface area contributed by atoms with Crippen LogP contribution in [0.3, 0.4) is 0 Å². The fourth-order valence-electron chi connectivity index (χ4n) is 2.02. The van der Waals surface area contributed by atoms with E-state index < -0.39 is 29.7 Å². The molecule has 6 nitrogen and oxygen atoms in total. The van der Waals surface area contributed by atoms with Crippen LogP contribution >= 0.6 is 0 Å². The molecule has 0 unspecified atom stereocenters. The van der Waals surface area contributed by atoms with Crippen LogP contribution in [0.2, 0.25) is 0 Å². The molecule has 2 aromatic carbocycles. The maximum Gasteiger partial charge on any atom is 0.311 e. The molecule has 0 aliphatic carbocycles. The Morgan fingerprint density at radius 3 is 2.24 bits per heavy atom. The van der Waals surface area contributed by atoms with Gasteiger partial charge in [0.15, 0.2) is 6.10 Å². The molecule has 2 aromatic rings. The largest absolute Gasteiger partial charge is 0.452 e. The zero-order valence-corrected chi connectivity index (χ0v) is 13.5. The van der Waals surface area contributed by atoms with Crippen LogP contribution < -0.4 is 11.1 Å². The maximum absolute atomic E-state index is 12.8. The number of rotatable bonds is 6. The third-order valence-corrected chi connectivity index (χ3v) is 3.38. The smallest absolute Gasteiger partial charge is 0.311 e. The zero-order chi connectivity index (χ0) is 18.4. The highest BCUT2D eigenvalue weighted by Crippen LogP contribution is 2.11. The van der Waals surface area contributed by atoms with Crippen LogP contribution in [0.5, 0.6) is 0 Å². The first-order chi connectivity index (χ1) is 11.8. The van der Waals surface area contributed by atoms with Crippen molar-refractivity contribution >= 4 is 23.5 Å². The van der Waals surface area contributed by atoms with Gasteiger partial charge in [0, 0.05) is 11.3 Å². The molecule has 2 amide bonds. The second-order valence-electron chi connectivity index (χ2n) is 5.37. The lowest BCUT2D eigenvalue weighted by molar-refractivity contribution is -0.152. The average molecular weight is 344 g/mol. The number of esters is 1. The summed E-state index contributed by atoms with van der Waals surface area (Å²) in [5, 5.41) is 2.57. The molecule has 2 rings (SSSR count). The van der Waals surface area contributed by atoms with E-state index in [0.29, 0.717) is 16.8 Å². The van der Waals surface area contributed by atoms with E-state index in [4.69, 9.17) is 10.5 Å². The van der Waals surface area contributed by atoms with Crippen LogP contribution in [-0.2, 0) is 20.7 Å². The van der Waals surface area contributed by atoms with E-state index in [9.17, 15) is 18.8 Å². The molecule has 7 heteroatoms. The molecule has 0 heterocycles. The number of nitrogens with one attached hydrogen (secondary N) is 1. The zero-order valence-electron chi connectivity index (χ0n) is 13.5. The molecule has 0 aromatic heterocycles. The van der Waals surface area contributed by atoms with Gasteiger partial charge in [-0.2, -0.15) is 0 Å². The Bertz CT molecular complexity index is 773. The number of carbonyl (C=O) groups excluding carboxylic acids is 3. The lowest BCUT2D eigenvalue weighted by Crippen LogP contribution is -2.30. The van der Waals surface area contributed by atoms with Crippen LogP contribution in [0.4, 0.5) is 10.1 Å². The van der Waals surface area contributed by atoms with Crippen molar-refractivity contribution in [3.63, 3.8) is 0 Å². The SMILES string of the molecule is C[C@@H](OC(=O)Cc1ccc(F)cc1)C(=O)Nc1ccc(C(N)=O)cc1. The summed E-state index contributed by atoms with van der Waals surface area (Å²) < 4.78 is 17.9. The molecule has 0 bridgehead atoms. The van der Waals surface area contributed by atoms with Crippen LogP contribution in [0.1, 0.15) is 22.8 Å². The number of amides is 2. The van der Waals surface area contributed by atoms with Crippen molar-refractivity contribution in [1.29, 1.82) is 0 Å². The van der Waals surface area contributed by atoms with Gasteiger partial charge in [0.05, 0.1) is 6.42 Å². The first-order valence-corrected chi connectivity index (χ1v) is 7.50. The molecule has 0 aliphatic rings. The lowest BCUT2D eigenvalue weighted by Gasteiger charge is -2.13. The lowest BCUT2D eigenvalue weighted by atomic mass is 10.1. The number of primary amides is 1. The average Bonchev–Trinajstić information content (AvgIpc) is 2.57. The van der Waals surface area contributed by atoms with Crippen molar-refractivity contribution in [3.05, 3.63) is 65.5 Å². The van der Waals surface area contributed by atoms with Gasteiger partial charge in [0.25, 0.3) is 5.91 Å². The van der Waals surface area contributed by atoms with Gasteiger partial charge in [-0.15, -0.1) is 0 Å². The highest BCUT2D eigenvalue weighted by atomic mass is 19.1. The molecule has 0 radical (unpaired) electrons. The molecule has 3 N–H and O–H groups in total. The minimum atomic E-state index is -1.01. The fraction of sp³-hybridized carbons (Fsp3) is 0.167. The summed E-state index contributed by atoms with van der Waals surface area (Å²) in [6.07, 6.45) is -1.07. The van der Waals surface area contributed by atoms with Crippen molar-refractivity contribution in [1.82, 2.24) is 0 Å². The van der Waals surface area contributed by atoms with Gasteiger partial charge in [-0.05, 0) is 48.9 Å². The van der Waals surface area contributed by atoms with Crippen LogP contribution in [0.15, 0.2) is 48.5 Å². The number of ether oxygens (including phenoxy) is 1. The summed E-state index contributed by atoms with van der Waals surface area (Å²) >= 11 is 0. The number of nitrogens with two attached hydrogens (primary N) is 1. The van der Waals surface area contributed by atoms with Gasteiger partial charge in [0.1, 0.15) is 5.82 Å². The van der Waals surface area contributed by atoms with E-state index >= 15 is 0 Å². The molecule has 0 aliphatic heterocycles. The maximum atomic E-state index is 12.8. The summed E-state index contributed by atoms with van der Waals surface area (Å²) in [4.78, 5) is 34.9. The molecule has 130 valence electrons. The first kappa shape index (κ1) is 18.1. The molecule has 0 fully saturated rings. The Balaban J connectivity index is 1.87. The minimum absolute atomic E-state index is 0.0643. The summed E-state index contributed by atoms with van der Waals surface area (Å²) in [6.45, 7) is 1.44. The molecule has 1 atom stereocenters. The fourth-order valence-corrected chi connectivity index (χ4v) is 2.02. The van der Waals surface area contributed by atoms with E-state index in [0.717, 1.165) is 0 Å². The Hall–Kier alpha value is -3.22. The Kier molecular flexibility index (Phi) is 5.84. The first-order valence-electron chi connectivity index (χ1n) is 7.50. The number of halogens is 1. The van der Waals surface area contributed by atoms with Gasteiger partial charge in [0.2, 0.25) is 5.91 Å². The molecular weight excluding hydrogens is 327 g/mol. The predicted molar refractivity (Wildman–Crippen MR) is 89.2 cm³/mol. The van der Waals surface area contributed by atoms with Crippen molar-refractivity contribution in [3.8, 4) is 0 Å². The predicted octanol–water partition coefficient (Wildman–Crippen LogP) is 2.04. The van der Waals surface area contributed by atoms with Crippen molar-refractivity contribution < 1.29 is 23.5 Å². The van der Waals surface area contributed by atoms with E-state index in [1.54, 1.807) is 0 Å². The molecule has 25 heavy (non-hydrogen) atoms. The highest BCUT2D eigenvalue weighted by Gasteiger charge is 2.18. The van der Waals surface area contributed by atoms with Gasteiger partial charge in [-0.1, -0.05) is 12.1 Å². The Morgan fingerprint density at radius 1 is 1.08 bits per heavy atom. The third-order valence-electron chi connectivity index (χ3n) is 3.38. The summed E-state index contributed by atoms with van der Waals surface area (Å²) in [5.74, 6) is -2.08. The normalized spacial score (nSPS) is 11.4. The molecule has 0 spiro atoms. The van der Waals surface area contributed by atoms with E-state index in [1.807, 2.05) is 0 Å². The second kappa shape index (κ2) is 8.05. The minimum Gasteiger partial charge on any atom is -0.452 e. The van der Waals surface area contributed by atoms with E-state index in [1.165, 1.54) is 55.5 Å². The quantitative estimate of drug-likeness (QED) is 0.784. The number of anilines is 1. The Labute approximate surface area is 143 Å².